The van der Waals surface area contributed by atoms with Gasteiger partial charge in [-0.1, -0.05) is 0 Å². The molecule has 2 aliphatic rings. The summed E-state index contributed by atoms with van der Waals surface area (Å²) in [7, 11) is -1.01. The van der Waals surface area contributed by atoms with Crippen molar-refractivity contribution >= 4 is 26.6 Å². The Morgan fingerprint density at radius 1 is 1.36 bits per heavy atom. The Bertz CT molecular complexity index is 594. The molecule has 1 saturated heterocycles. The van der Waals surface area contributed by atoms with Gasteiger partial charge in [0, 0.05) is 0 Å². The van der Waals surface area contributed by atoms with Gasteiger partial charge in [0.1, 0.15) is 0 Å². The van der Waals surface area contributed by atoms with Gasteiger partial charge in [-0.3, -0.25) is 0 Å². The summed E-state index contributed by atoms with van der Waals surface area (Å²) in [6.45, 7) is 3.72. The molecule has 1 aromatic carbocycles. The molecule has 0 aromatic heterocycles. The van der Waals surface area contributed by atoms with Gasteiger partial charge in [-0.15, -0.1) is 0 Å². The van der Waals surface area contributed by atoms with Gasteiger partial charge in [-0.05, 0) is 0 Å². The fraction of sp³-hybridized carbons (Fsp3) is 0.625. The molecule has 124 valence electrons. The van der Waals surface area contributed by atoms with E-state index in [-0.39, 0.29) is 17.7 Å². The molecule has 6 heteroatoms. The molecule has 3 atom stereocenters. The standard InChI is InChI=1S/C16H22F2INOS/c1-3-4-12-9-19(12)22(21)20-16(11-5-6-11)13-8-14(17)10(2)7-15(13)18/h7-8,11-12,16,20H,3-6,9H2,1-2H3/t12?,16-,22?/m0/s1. The number of nitrogens with one attached hydrogen (secondary N) is 1. The normalized spacial score (nSPS) is 25.1. The molecular weight excluding hydrogens is 419 g/mol. The summed E-state index contributed by atoms with van der Waals surface area (Å²) >= 11 is -1.41. The van der Waals surface area contributed by atoms with Gasteiger partial charge in [0.25, 0.3) is 0 Å². The van der Waals surface area contributed by atoms with Crippen molar-refractivity contribution in [3.8, 4) is 0 Å². The third kappa shape index (κ3) is 3.70. The van der Waals surface area contributed by atoms with Crippen LogP contribution in [0, 0.1) is 24.5 Å². The fourth-order valence-electron chi connectivity index (χ4n) is 2.72. The molecule has 0 radical (unpaired) electrons. The van der Waals surface area contributed by atoms with Gasteiger partial charge >= 0.3 is 139 Å². The summed E-state index contributed by atoms with van der Waals surface area (Å²) in [6.07, 6.45) is 4.30. The Hall–Kier alpha value is -0.0800. The third-order valence-electron chi connectivity index (χ3n) is 4.27. The van der Waals surface area contributed by atoms with Crippen LogP contribution in [0.1, 0.15) is 49.8 Å². The molecule has 0 bridgehead atoms. The van der Waals surface area contributed by atoms with Crippen LogP contribution in [0.3, 0.4) is 0 Å². The van der Waals surface area contributed by atoms with E-state index >= 15 is 0 Å². The summed E-state index contributed by atoms with van der Waals surface area (Å²) in [6, 6.07) is 2.24. The Morgan fingerprint density at radius 3 is 2.73 bits per heavy atom. The second kappa shape index (κ2) is 6.81. The van der Waals surface area contributed by atoms with Crippen molar-refractivity contribution in [1.29, 1.82) is 0 Å². The molecule has 22 heavy (non-hydrogen) atoms. The second-order valence-electron chi connectivity index (χ2n) is 6.17. The van der Waals surface area contributed by atoms with Gasteiger partial charge < -0.3 is 0 Å². The van der Waals surface area contributed by atoms with Gasteiger partial charge in [0.15, 0.2) is 0 Å². The van der Waals surface area contributed by atoms with E-state index in [4.69, 9.17) is 0 Å². The summed E-state index contributed by atoms with van der Waals surface area (Å²) in [5.41, 5.74) is 0.668. The Balaban J connectivity index is 1.74. The van der Waals surface area contributed by atoms with Crippen LogP contribution in [0.5, 0.6) is 0 Å². The number of hydrogen-bond acceptors (Lipinski definition) is 1. The minimum absolute atomic E-state index is 0.293. The first-order chi connectivity index (χ1) is 10.5. The first-order valence-corrected chi connectivity index (χ1v) is 14.3. The van der Waals surface area contributed by atoms with Crippen LogP contribution in [0.2, 0.25) is 0 Å². The van der Waals surface area contributed by atoms with Crippen LogP contribution in [0.25, 0.3) is 0 Å². The van der Waals surface area contributed by atoms with Crippen LogP contribution in [-0.2, 0) is 8.16 Å². The van der Waals surface area contributed by atoms with Crippen LogP contribution in [-0.4, -0.2) is 12.6 Å². The van der Waals surface area contributed by atoms with E-state index in [1.54, 1.807) is 6.92 Å². The maximum atomic E-state index is 14.2. The van der Waals surface area contributed by atoms with E-state index in [0.29, 0.717) is 21.0 Å². The predicted molar refractivity (Wildman–Crippen MR) is 95.4 cm³/mol. The molecule has 1 aromatic rings. The van der Waals surface area contributed by atoms with Crippen LogP contribution < -0.4 is 4.72 Å². The summed E-state index contributed by atoms with van der Waals surface area (Å²) in [5.74, 6) is -0.477. The van der Waals surface area contributed by atoms with Crippen molar-refractivity contribution in [2.75, 3.05) is 4.43 Å². The molecular formula is C16H22F2INOS. The second-order valence-corrected chi connectivity index (χ2v) is 16.6. The molecule has 1 saturated carbocycles. The van der Waals surface area contributed by atoms with E-state index in [1.807, 2.05) is 0 Å². The number of rotatable bonds is 7. The topological polar surface area (TPSA) is 29.1 Å². The van der Waals surface area contributed by atoms with E-state index in [9.17, 15) is 13.0 Å². The van der Waals surface area contributed by atoms with E-state index in [2.05, 4.69) is 11.6 Å². The molecule has 0 amide bonds. The molecule has 1 aliphatic carbocycles. The van der Waals surface area contributed by atoms with Gasteiger partial charge in [0.05, 0.1) is 0 Å². The van der Waals surface area contributed by atoms with Gasteiger partial charge in [0.2, 0.25) is 0 Å². The molecule has 2 fully saturated rings. The molecule has 3 rings (SSSR count). The van der Waals surface area contributed by atoms with Crippen molar-refractivity contribution in [3.63, 3.8) is 0 Å². The van der Waals surface area contributed by atoms with E-state index in [1.165, 1.54) is 18.6 Å². The zero-order chi connectivity index (χ0) is 15.9. The van der Waals surface area contributed by atoms with Crippen molar-refractivity contribution in [1.82, 2.24) is 4.72 Å². The Morgan fingerprint density at radius 2 is 2.09 bits per heavy atom. The minimum atomic E-state index is -1.41. The summed E-state index contributed by atoms with van der Waals surface area (Å²) in [5, 5.41) is 0. The van der Waals surface area contributed by atoms with Crippen molar-refractivity contribution in [3.05, 3.63) is 34.9 Å². The Labute approximate surface area is 138 Å². The average molecular weight is 441 g/mol. The summed E-state index contributed by atoms with van der Waals surface area (Å²) in [4.78, 5) is 0. The monoisotopic (exact) mass is 441 g/mol. The van der Waals surface area contributed by atoms with Crippen molar-refractivity contribution < 1.29 is 13.0 Å². The van der Waals surface area contributed by atoms with Gasteiger partial charge in [-0.25, -0.2) is 0 Å². The number of benzene rings is 1. The zero-order valence-corrected chi connectivity index (χ0v) is 15.8. The zero-order valence-electron chi connectivity index (χ0n) is 12.9. The number of aryl methyl sites for hydroxylation is 1. The van der Waals surface area contributed by atoms with Crippen LogP contribution in [0.4, 0.5) is 8.78 Å². The fourth-order valence-corrected chi connectivity index (χ4v) is 15.2. The Kier molecular flexibility index (Phi) is 5.19. The number of hydrogen-bond donors (Lipinski definition) is 1. The predicted octanol–water partition coefficient (Wildman–Crippen LogP) is 4.58. The average Bonchev–Trinajstić information content (AvgIpc) is 3.34. The van der Waals surface area contributed by atoms with Crippen molar-refractivity contribution in [2.45, 2.75) is 49.5 Å². The molecule has 2 nitrogen and oxygen atoms in total. The maximum absolute atomic E-state index is 14.2. The molecule has 1 heterocycles. The van der Waals surface area contributed by atoms with Crippen molar-refractivity contribution in [2.24, 2.45) is 5.92 Å². The van der Waals surface area contributed by atoms with E-state index in [0.717, 1.165) is 23.7 Å². The number of alkyl halides is 2. The number of halogens is 3. The third-order valence-corrected chi connectivity index (χ3v) is 15.3. The van der Waals surface area contributed by atoms with Gasteiger partial charge in [-0.2, -0.15) is 0 Å². The SMILES string of the molecule is CCCC1CI1S(=O)N[C@H](c1cc(F)c(C)cc1F)C1CC1. The molecule has 1 N–H and O–H groups in total. The summed E-state index contributed by atoms with van der Waals surface area (Å²) < 4.78 is 45.6. The first-order valence-electron chi connectivity index (χ1n) is 7.79. The molecule has 0 spiro atoms. The quantitative estimate of drug-likeness (QED) is 0.375. The van der Waals surface area contributed by atoms with Crippen LogP contribution in [0.15, 0.2) is 12.1 Å². The van der Waals surface area contributed by atoms with Crippen LogP contribution >= 0.6 is 18.4 Å². The first kappa shape index (κ1) is 16.8. The molecule has 2 unspecified atom stereocenters. The molecule has 1 aliphatic heterocycles. The van der Waals surface area contributed by atoms with E-state index < -0.39 is 26.6 Å².